The average molecular weight is 187 g/mol. The minimum Gasteiger partial charge on any atom is -0.396 e. The number of nitrogens with two attached hydrogens (primary N) is 1. The van der Waals surface area contributed by atoms with Crippen molar-refractivity contribution in [3.8, 4) is 0 Å². The summed E-state index contributed by atoms with van der Waals surface area (Å²) >= 11 is 0. The highest BCUT2D eigenvalue weighted by atomic mass is 16.3. The smallest absolute Gasteiger partial charge is 0.0437 e. The Balaban J connectivity index is 4.64. The maximum absolute atomic E-state index is 9.07. The third-order valence-corrected chi connectivity index (χ3v) is 3.36. The average Bonchev–Trinajstić information content (AvgIpc) is 2.02. The third kappa shape index (κ3) is 2.96. The Labute approximate surface area is 82.5 Å². The number of rotatable bonds is 6. The third-order valence-electron chi connectivity index (χ3n) is 3.36. The van der Waals surface area contributed by atoms with Gasteiger partial charge in [-0.15, -0.1) is 0 Å². The highest BCUT2D eigenvalue weighted by Gasteiger charge is 2.39. The lowest BCUT2D eigenvalue weighted by molar-refractivity contribution is 0.0831. The Kier molecular flexibility index (Phi) is 4.93. The van der Waals surface area contributed by atoms with E-state index in [-0.39, 0.29) is 17.6 Å². The Morgan fingerprint density at radius 2 is 1.69 bits per heavy atom. The van der Waals surface area contributed by atoms with Gasteiger partial charge >= 0.3 is 0 Å². The van der Waals surface area contributed by atoms with E-state index < -0.39 is 0 Å². The lowest BCUT2D eigenvalue weighted by Crippen LogP contribution is -2.51. The molecule has 0 aromatic rings. The zero-order valence-corrected chi connectivity index (χ0v) is 9.56. The molecule has 0 amide bonds. The van der Waals surface area contributed by atoms with Gasteiger partial charge in [0.2, 0.25) is 0 Å². The molecule has 0 saturated carbocycles. The van der Waals surface area contributed by atoms with E-state index in [1.165, 1.54) is 0 Å². The minimum absolute atomic E-state index is 0.108. The SMILES string of the molecule is CCCC(CC)(CCO)C(C)(C)N. The normalized spacial score (nSPS) is 17.1. The van der Waals surface area contributed by atoms with E-state index in [1.807, 2.05) is 0 Å². The van der Waals surface area contributed by atoms with Gasteiger partial charge in [-0.25, -0.2) is 0 Å². The molecule has 0 spiro atoms. The van der Waals surface area contributed by atoms with Crippen molar-refractivity contribution in [3.63, 3.8) is 0 Å². The predicted molar refractivity (Wildman–Crippen MR) is 57.6 cm³/mol. The van der Waals surface area contributed by atoms with Crippen molar-refractivity contribution in [2.24, 2.45) is 11.1 Å². The van der Waals surface area contributed by atoms with Gasteiger partial charge < -0.3 is 10.8 Å². The van der Waals surface area contributed by atoms with Gasteiger partial charge in [0, 0.05) is 12.1 Å². The predicted octanol–water partition coefficient (Wildman–Crippen LogP) is 2.30. The van der Waals surface area contributed by atoms with Crippen molar-refractivity contribution in [1.29, 1.82) is 0 Å². The Hall–Kier alpha value is -0.0800. The van der Waals surface area contributed by atoms with Crippen LogP contribution in [0.25, 0.3) is 0 Å². The lowest BCUT2D eigenvalue weighted by Gasteiger charge is -2.44. The summed E-state index contributed by atoms with van der Waals surface area (Å²) in [5.74, 6) is 0. The fourth-order valence-electron chi connectivity index (χ4n) is 2.27. The summed E-state index contributed by atoms with van der Waals surface area (Å²) in [5, 5.41) is 9.07. The molecule has 3 N–H and O–H groups in total. The van der Waals surface area contributed by atoms with Crippen LogP contribution in [0.1, 0.15) is 53.4 Å². The topological polar surface area (TPSA) is 46.2 Å². The van der Waals surface area contributed by atoms with E-state index in [0.717, 1.165) is 25.7 Å². The summed E-state index contributed by atoms with van der Waals surface area (Å²) in [6, 6.07) is 0. The molecule has 0 aliphatic rings. The molecule has 0 aliphatic heterocycles. The van der Waals surface area contributed by atoms with Crippen molar-refractivity contribution >= 4 is 0 Å². The first kappa shape index (κ1) is 12.9. The van der Waals surface area contributed by atoms with Gasteiger partial charge in [-0.1, -0.05) is 20.3 Å². The maximum atomic E-state index is 9.07. The molecule has 0 fully saturated rings. The number of hydrogen-bond acceptors (Lipinski definition) is 2. The zero-order chi connectivity index (χ0) is 10.5. The lowest BCUT2D eigenvalue weighted by atomic mass is 9.65. The Morgan fingerprint density at radius 3 is 1.92 bits per heavy atom. The first-order valence-corrected chi connectivity index (χ1v) is 5.33. The summed E-state index contributed by atoms with van der Waals surface area (Å²) in [6.07, 6.45) is 4.10. The van der Waals surface area contributed by atoms with Gasteiger partial charge in [0.1, 0.15) is 0 Å². The molecule has 0 rings (SSSR count). The molecule has 0 aromatic carbocycles. The second-order valence-corrected chi connectivity index (χ2v) is 4.58. The highest BCUT2D eigenvalue weighted by Crippen LogP contribution is 2.40. The summed E-state index contributed by atoms with van der Waals surface area (Å²) in [4.78, 5) is 0. The van der Waals surface area contributed by atoms with Crippen LogP contribution in [-0.2, 0) is 0 Å². The number of aliphatic hydroxyl groups excluding tert-OH is 1. The zero-order valence-electron chi connectivity index (χ0n) is 9.56. The van der Waals surface area contributed by atoms with E-state index in [4.69, 9.17) is 10.8 Å². The molecule has 80 valence electrons. The van der Waals surface area contributed by atoms with Crippen molar-refractivity contribution in [3.05, 3.63) is 0 Å². The van der Waals surface area contributed by atoms with Gasteiger partial charge in [0.25, 0.3) is 0 Å². The Morgan fingerprint density at radius 1 is 1.15 bits per heavy atom. The Bertz CT molecular complexity index is 132. The van der Waals surface area contributed by atoms with Gasteiger partial charge in [0.15, 0.2) is 0 Å². The van der Waals surface area contributed by atoms with E-state index in [1.54, 1.807) is 0 Å². The molecule has 0 radical (unpaired) electrons. The molecular weight excluding hydrogens is 162 g/mol. The van der Waals surface area contributed by atoms with Crippen LogP contribution in [0.15, 0.2) is 0 Å². The summed E-state index contributed by atoms with van der Waals surface area (Å²) in [5.41, 5.74) is 6.10. The van der Waals surface area contributed by atoms with Crippen LogP contribution in [-0.4, -0.2) is 17.3 Å². The second-order valence-electron chi connectivity index (χ2n) is 4.58. The van der Waals surface area contributed by atoms with E-state index in [0.29, 0.717) is 0 Å². The fraction of sp³-hybridized carbons (Fsp3) is 1.00. The molecule has 0 heterocycles. The molecule has 2 nitrogen and oxygen atoms in total. The molecule has 0 saturated heterocycles. The second kappa shape index (κ2) is 4.97. The van der Waals surface area contributed by atoms with Crippen LogP contribution in [0.4, 0.5) is 0 Å². The summed E-state index contributed by atoms with van der Waals surface area (Å²) in [7, 11) is 0. The molecule has 2 heteroatoms. The van der Waals surface area contributed by atoms with Gasteiger partial charge in [0.05, 0.1) is 0 Å². The molecule has 0 aliphatic carbocycles. The molecule has 1 unspecified atom stereocenters. The maximum Gasteiger partial charge on any atom is 0.0437 e. The summed E-state index contributed by atoms with van der Waals surface area (Å²) < 4.78 is 0. The fourth-order valence-corrected chi connectivity index (χ4v) is 2.27. The summed E-state index contributed by atoms with van der Waals surface area (Å²) in [6.45, 7) is 8.73. The van der Waals surface area contributed by atoms with Crippen LogP contribution in [0, 0.1) is 5.41 Å². The number of hydrogen-bond donors (Lipinski definition) is 2. The first-order chi connectivity index (χ1) is 5.93. The van der Waals surface area contributed by atoms with Gasteiger partial charge in [-0.2, -0.15) is 0 Å². The molecular formula is C11H25NO. The number of aliphatic hydroxyl groups is 1. The quantitative estimate of drug-likeness (QED) is 0.670. The van der Waals surface area contributed by atoms with Crippen LogP contribution >= 0.6 is 0 Å². The van der Waals surface area contributed by atoms with Gasteiger partial charge in [-0.3, -0.25) is 0 Å². The van der Waals surface area contributed by atoms with Crippen LogP contribution in [0.3, 0.4) is 0 Å². The van der Waals surface area contributed by atoms with Crippen LogP contribution in [0.2, 0.25) is 0 Å². The van der Waals surface area contributed by atoms with Gasteiger partial charge in [-0.05, 0) is 38.5 Å². The molecule has 1 atom stereocenters. The molecule has 13 heavy (non-hydrogen) atoms. The molecule has 0 aromatic heterocycles. The van der Waals surface area contributed by atoms with Crippen molar-refractivity contribution < 1.29 is 5.11 Å². The van der Waals surface area contributed by atoms with Crippen LogP contribution < -0.4 is 5.73 Å². The van der Waals surface area contributed by atoms with E-state index >= 15 is 0 Å². The van der Waals surface area contributed by atoms with Crippen molar-refractivity contribution in [2.75, 3.05) is 6.61 Å². The van der Waals surface area contributed by atoms with Crippen molar-refractivity contribution in [1.82, 2.24) is 0 Å². The highest BCUT2D eigenvalue weighted by molar-refractivity contribution is 4.95. The largest absolute Gasteiger partial charge is 0.396 e. The van der Waals surface area contributed by atoms with E-state index in [2.05, 4.69) is 27.7 Å². The standard InChI is InChI=1S/C11H25NO/c1-5-7-11(6-2,8-9-13)10(3,4)12/h13H,5-9,12H2,1-4H3. The molecule has 0 bridgehead atoms. The first-order valence-electron chi connectivity index (χ1n) is 5.33. The van der Waals surface area contributed by atoms with E-state index in [9.17, 15) is 0 Å². The minimum atomic E-state index is -0.194. The monoisotopic (exact) mass is 187 g/mol. The van der Waals surface area contributed by atoms with Crippen molar-refractivity contribution in [2.45, 2.75) is 58.9 Å². The van der Waals surface area contributed by atoms with Crippen LogP contribution in [0.5, 0.6) is 0 Å².